The molecular weight excluding hydrogens is 236 g/mol. The molecule has 0 fully saturated rings. The first kappa shape index (κ1) is 13.7. The highest BCUT2D eigenvalue weighted by molar-refractivity contribution is 5.19. The number of nitrogens with two attached hydrogens (primary N) is 1. The van der Waals surface area contributed by atoms with Crippen LogP contribution in [-0.2, 0) is 6.42 Å². The van der Waals surface area contributed by atoms with Crippen LogP contribution in [0.15, 0.2) is 36.7 Å². The molecule has 1 atom stereocenters. The number of hydrogen-bond acceptors (Lipinski definition) is 3. The molecule has 1 unspecified atom stereocenters. The first-order chi connectivity index (χ1) is 9.22. The van der Waals surface area contributed by atoms with E-state index in [1.165, 1.54) is 5.56 Å². The minimum atomic E-state index is 0.352. The van der Waals surface area contributed by atoms with Gasteiger partial charge in [-0.05, 0) is 38.3 Å². The van der Waals surface area contributed by atoms with Crippen molar-refractivity contribution >= 4 is 0 Å². The van der Waals surface area contributed by atoms with E-state index in [4.69, 9.17) is 5.73 Å². The van der Waals surface area contributed by atoms with Crippen molar-refractivity contribution in [3.05, 3.63) is 48.0 Å². The highest BCUT2D eigenvalue weighted by Gasteiger charge is 2.13. The Hall–Kier alpha value is -1.68. The van der Waals surface area contributed by atoms with Gasteiger partial charge in [0.2, 0.25) is 0 Å². The first-order valence-corrected chi connectivity index (χ1v) is 6.85. The molecule has 0 saturated carbocycles. The summed E-state index contributed by atoms with van der Waals surface area (Å²) in [7, 11) is 0. The van der Waals surface area contributed by atoms with Gasteiger partial charge in [0.25, 0.3) is 0 Å². The van der Waals surface area contributed by atoms with Crippen LogP contribution in [0.4, 0.5) is 0 Å². The number of benzene rings is 1. The second-order valence-electron chi connectivity index (χ2n) is 5.10. The van der Waals surface area contributed by atoms with Crippen LogP contribution >= 0.6 is 0 Å². The zero-order chi connectivity index (χ0) is 13.7. The number of nitrogens with zero attached hydrogens (tertiary/aromatic N) is 3. The zero-order valence-corrected chi connectivity index (χ0v) is 11.7. The Bertz CT molecular complexity index is 490. The fourth-order valence-electron chi connectivity index (χ4n) is 2.33. The van der Waals surface area contributed by atoms with E-state index >= 15 is 0 Å². The van der Waals surface area contributed by atoms with E-state index in [2.05, 4.69) is 48.2 Å². The molecule has 1 heterocycles. The molecule has 4 heteroatoms. The van der Waals surface area contributed by atoms with Crippen molar-refractivity contribution in [2.75, 3.05) is 6.54 Å². The number of hydrogen-bond donors (Lipinski definition) is 1. The minimum Gasteiger partial charge on any atom is -0.330 e. The second-order valence-corrected chi connectivity index (χ2v) is 5.10. The van der Waals surface area contributed by atoms with Crippen molar-refractivity contribution in [2.24, 2.45) is 5.73 Å². The van der Waals surface area contributed by atoms with Gasteiger partial charge in [-0.3, -0.25) is 0 Å². The summed E-state index contributed by atoms with van der Waals surface area (Å²) in [4.78, 5) is 4.35. The van der Waals surface area contributed by atoms with E-state index < -0.39 is 0 Å². The smallest absolute Gasteiger partial charge is 0.138 e. The molecule has 19 heavy (non-hydrogen) atoms. The van der Waals surface area contributed by atoms with Crippen LogP contribution in [0.25, 0.3) is 0 Å². The molecule has 0 amide bonds. The third-order valence-corrected chi connectivity index (χ3v) is 3.41. The molecule has 0 spiro atoms. The standard InChI is InChI=1S/C15H22N4/c1-12(2)19-15(17-11-18-19)9-8-14(10-16)13-6-4-3-5-7-13/h3-7,11-12,14H,8-10,16H2,1-2H3. The van der Waals surface area contributed by atoms with Crippen LogP contribution in [0.3, 0.4) is 0 Å². The predicted molar refractivity (Wildman–Crippen MR) is 77.0 cm³/mol. The molecule has 4 nitrogen and oxygen atoms in total. The molecule has 0 aliphatic heterocycles. The third-order valence-electron chi connectivity index (χ3n) is 3.41. The van der Waals surface area contributed by atoms with Gasteiger partial charge in [-0.1, -0.05) is 30.3 Å². The number of aryl methyl sites for hydroxylation is 1. The van der Waals surface area contributed by atoms with E-state index in [0.29, 0.717) is 18.5 Å². The summed E-state index contributed by atoms with van der Waals surface area (Å²) in [5, 5.41) is 4.27. The quantitative estimate of drug-likeness (QED) is 0.866. The van der Waals surface area contributed by atoms with Crippen molar-refractivity contribution in [1.82, 2.24) is 14.8 Å². The van der Waals surface area contributed by atoms with Crippen LogP contribution in [-0.4, -0.2) is 21.3 Å². The van der Waals surface area contributed by atoms with Crippen LogP contribution in [0.2, 0.25) is 0 Å². The van der Waals surface area contributed by atoms with Gasteiger partial charge in [-0.25, -0.2) is 9.67 Å². The maximum absolute atomic E-state index is 5.90. The Kier molecular flexibility index (Phi) is 4.68. The normalized spacial score (nSPS) is 12.8. The molecular formula is C15H22N4. The second kappa shape index (κ2) is 6.48. The fourth-order valence-corrected chi connectivity index (χ4v) is 2.33. The topological polar surface area (TPSA) is 56.7 Å². The molecule has 0 saturated heterocycles. The Morgan fingerprint density at radius 2 is 1.95 bits per heavy atom. The molecule has 0 aliphatic rings. The highest BCUT2D eigenvalue weighted by Crippen LogP contribution is 2.20. The number of aromatic nitrogens is 3. The fraction of sp³-hybridized carbons (Fsp3) is 0.467. The third kappa shape index (κ3) is 3.41. The molecule has 1 aromatic heterocycles. The summed E-state index contributed by atoms with van der Waals surface area (Å²) in [5.74, 6) is 1.43. The average Bonchev–Trinajstić information content (AvgIpc) is 2.89. The van der Waals surface area contributed by atoms with Gasteiger partial charge >= 0.3 is 0 Å². The summed E-state index contributed by atoms with van der Waals surface area (Å²) in [5.41, 5.74) is 7.21. The van der Waals surface area contributed by atoms with Crippen molar-refractivity contribution in [3.63, 3.8) is 0 Å². The first-order valence-electron chi connectivity index (χ1n) is 6.85. The molecule has 2 aromatic rings. The van der Waals surface area contributed by atoms with Gasteiger partial charge < -0.3 is 5.73 Å². The zero-order valence-electron chi connectivity index (χ0n) is 11.7. The molecule has 0 bridgehead atoms. The van der Waals surface area contributed by atoms with Gasteiger partial charge in [0.15, 0.2) is 0 Å². The van der Waals surface area contributed by atoms with Crippen LogP contribution < -0.4 is 5.73 Å². The molecule has 2 rings (SSSR count). The van der Waals surface area contributed by atoms with E-state index in [1.807, 2.05) is 10.7 Å². The lowest BCUT2D eigenvalue weighted by molar-refractivity contribution is 0.492. The van der Waals surface area contributed by atoms with Crippen molar-refractivity contribution in [3.8, 4) is 0 Å². The summed E-state index contributed by atoms with van der Waals surface area (Å²) in [6.45, 7) is 4.91. The Labute approximate surface area is 114 Å². The van der Waals surface area contributed by atoms with Gasteiger partial charge in [0.05, 0.1) is 0 Å². The van der Waals surface area contributed by atoms with E-state index in [0.717, 1.165) is 18.7 Å². The van der Waals surface area contributed by atoms with E-state index in [-0.39, 0.29) is 0 Å². The Morgan fingerprint density at radius 1 is 1.21 bits per heavy atom. The van der Waals surface area contributed by atoms with Gasteiger partial charge in [0.1, 0.15) is 12.2 Å². The lowest BCUT2D eigenvalue weighted by Crippen LogP contribution is -2.15. The number of rotatable bonds is 6. The van der Waals surface area contributed by atoms with Crippen molar-refractivity contribution in [1.29, 1.82) is 0 Å². The van der Waals surface area contributed by atoms with Crippen LogP contribution in [0.1, 0.15) is 43.6 Å². The molecule has 102 valence electrons. The van der Waals surface area contributed by atoms with Crippen LogP contribution in [0.5, 0.6) is 0 Å². The SMILES string of the molecule is CC(C)n1ncnc1CCC(CN)c1ccccc1. The maximum Gasteiger partial charge on any atom is 0.138 e. The molecule has 0 aliphatic carbocycles. The van der Waals surface area contributed by atoms with Gasteiger partial charge in [-0.2, -0.15) is 5.10 Å². The van der Waals surface area contributed by atoms with Crippen LogP contribution in [0, 0.1) is 0 Å². The summed E-state index contributed by atoms with van der Waals surface area (Å²) < 4.78 is 1.98. The Balaban J connectivity index is 2.02. The van der Waals surface area contributed by atoms with Gasteiger partial charge in [0, 0.05) is 12.5 Å². The van der Waals surface area contributed by atoms with E-state index in [1.54, 1.807) is 6.33 Å². The predicted octanol–water partition coefficient (Wildman–Crippen LogP) is 2.53. The monoisotopic (exact) mass is 258 g/mol. The van der Waals surface area contributed by atoms with Gasteiger partial charge in [-0.15, -0.1) is 0 Å². The largest absolute Gasteiger partial charge is 0.330 e. The Morgan fingerprint density at radius 3 is 2.58 bits per heavy atom. The van der Waals surface area contributed by atoms with Crippen molar-refractivity contribution in [2.45, 2.75) is 38.6 Å². The van der Waals surface area contributed by atoms with Crippen molar-refractivity contribution < 1.29 is 0 Å². The molecule has 2 N–H and O–H groups in total. The minimum absolute atomic E-state index is 0.352. The molecule has 1 aromatic carbocycles. The summed E-state index contributed by atoms with van der Waals surface area (Å²) in [6.07, 6.45) is 3.55. The average molecular weight is 258 g/mol. The lowest BCUT2D eigenvalue weighted by Gasteiger charge is -2.16. The van der Waals surface area contributed by atoms with E-state index in [9.17, 15) is 0 Å². The summed E-state index contributed by atoms with van der Waals surface area (Å²) >= 11 is 0. The molecule has 0 radical (unpaired) electrons. The lowest BCUT2D eigenvalue weighted by atomic mass is 9.94. The summed E-state index contributed by atoms with van der Waals surface area (Å²) in [6, 6.07) is 10.8. The maximum atomic E-state index is 5.90. The highest BCUT2D eigenvalue weighted by atomic mass is 15.3.